The zero-order chi connectivity index (χ0) is 19.7. The van der Waals surface area contributed by atoms with Gasteiger partial charge in [0.15, 0.2) is 0 Å². The minimum atomic E-state index is -1.23. The van der Waals surface area contributed by atoms with Gasteiger partial charge < -0.3 is 14.6 Å². The summed E-state index contributed by atoms with van der Waals surface area (Å²) >= 11 is 1.03. The fourth-order valence-corrected chi connectivity index (χ4v) is 3.00. The normalized spacial score (nSPS) is 11.8. The van der Waals surface area contributed by atoms with E-state index in [1.54, 1.807) is 55.4 Å². The van der Waals surface area contributed by atoms with Crippen molar-refractivity contribution >= 4 is 34.5 Å². The first-order valence-electron chi connectivity index (χ1n) is 7.73. The van der Waals surface area contributed by atoms with Gasteiger partial charge in [-0.05, 0) is 61.0 Å². The molecule has 1 N–H and O–H groups in total. The molecule has 0 unspecified atom stereocenters. The lowest BCUT2D eigenvalue weighted by molar-refractivity contribution is 0.0432. The number of carboxylic acids is 1. The molecule has 0 fully saturated rings. The Labute approximate surface area is 151 Å². The Morgan fingerprint density at radius 2 is 1.32 bits per heavy atom. The number of hydrogen-bond acceptors (Lipinski definition) is 6. The molecule has 0 atom stereocenters. The van der Waals surface area contributed by atoms with E-state index in [0.717, 1.165) is 11.3 Å². The fourth-order valence-electron chi connectivity index (χ4n) is 1.87. The number of anilines is 1. The van der Waals surface area contributed by atoms with E-state index in [0.29, 0.717) is 15.3 Å². The van der Waals surface area contributed by atoms with Crippen LogP contribution in [0.3, 0.4) is 0 Å². The largest absolute Gasteiger partial charge is 0.478 e. The number of carbonyl (C=O) groups excluding carboxylic acids is 2. The van der Waals surface area contributed by atoms with Gasteiger partial charge in [-0.3, -0.25) is 0 Å². The van der Waals surface area contributed by atoms with Crippen molar-refractivity contribution < 1.29 is 29.0 Å². The van der Waals surface area contributed by atoms with Gasteiger partial charge in [-0.15, -0.1) is 11.3 Å². The molecule has 0 bridgehead atoms. The molecule has 1 rings (SSSR count). The van der Waals surface area contributed by atoms with Crippen LogP contribution in [0.25, 0.3) is 0 Å². The number of imide groups is 1. The highest BCUT2D eigenvalue weighted by Crippen LogP contribution is 2.37. The number of nitrogens with zero attached hydrogens (tertiary/aromatic N) is 1. The zero-order valence-electron chi connectivity index (χ0n) is 15.8. The molecule has 0 radical (unpaired) electrons. The summed E-state index contributed by atoms with van der Waals surface area (Å²) in [5.41, 5.74) is -1.34. The van der Waals surface area contributed by atoms with Crippen molar-refractivity contribution in [2.24, 2.45) is 0 Å². The molecule has 0 aliphatic rings. The average Bonchev–Trinajstić information content (AvgIpc) is 2.60. The van der Waals surface area contributed by atoms with Crippen LogP contribution in [-0.2, 0) is 9.47 Å². The number of aromatic carboxylic acids is 1. The summed E-state index contributed by atoms with van der Waals surface area (Å²) < 4.78 is 10.5. The Morgan fingerprint density at radius 3 is 1.64 bits per heavy atom. The van der Waals surface area contributed by atoms with Gasteiger partial charge in [0, 0.05) is 4.88 Å². The number of hydrogen-bond donors (Lipinski definition) is 1. The van der Waals surface area contributed by atoms with E-state index in [1.165, 1.54) is 0 Å². The van der Waals surface area contributed by atoms with E-state index in [1.807, 2.05) is 0 Å². The first-order chi connectivity index (χ1) is 11.1. The van der Waals surface area contributed by atoms with Crippen molar-refractivity contribution in [3.63, 3.8) is 0 Å². The third kappa shape index (κ3) is 5.45. The Morgan fingerprint density at radius 1 is 0.920 bits per heavy atom. The summed E-state index contributed by atoms with van der Waals surface area (Å²) in [4.78, 5) is 38.2. The minimum Gasteiger partial charge on any atom is -0.478 e. The second-order valence-electron chi connectivity index (χ2n) is 7.56. The molecule has 8 heteroatoms. The van der Waals surface area contributed by atoms with Crippen LogP contribution in [0.5, 0.6) is 0 Å². The van der Waals surface area contributed by atoms with Gasteiger partial charge in [-0.2, -0.15) is 4.90 Å². The summed E-state index contributed by atoms with van der Waals surface area (Å²) in [5.74, 6) is -1.23. The van der Waals surface area contributed by atoms with Crippen LogP contribution in [0.2, 0.25) is 0 Å². The lowest BCUT2D eigenvalue weighted by Gasteiger charge is -2.28. The highest BCUT2D eigenvalue weighted by molar-refractivity contribution is 7.17. The number of carboxylic acid groups (broad SMARTS) is 1. The van der Waals surface area contributed by atoms with Crippen LogP contribution >= 0.6 is 11.3 Å². The average molecular weight is 371 g/mol. The summed E-state index contributed by atoms with van der Waals surface area (Å²) in [7, 11) is 0. The molecular formula is C17H25NO6S. The monoisotopic (exact) mass is 371 g/mol. The van der Waals surface area contributed by atoms with Crippen molar-refractivity contribution in [1.29, 1.82) is 0 Å². The fraction of sp³-hybridized carbons (Fsp3) is 0.588. The Bertz CT molecular complexity index is 665. The standard InChI is InChI=1S/C17H25NO6S/c1-9-10(2)25-12(11(9)13(19)20)18(14(21)23-16(3,4)5)15(22)24-17(6,7)8/h1-8H3,(H,19,20). The number of ether oxygens (including phenoxy) is 2. The summed E-state index contributed by atoms with van der Waals surface area (Å²) in [5, 5.41) is 9.49. The number of aryl methyl sites for hydroxylation is 1. The maximum absolute atomic E-state index is 12.6. The highest BCUT2D eigenvalue weighted by Gasteiger charge is 2.37. The van der Waals surface area contributed by atoms with Gasteiger partial charge >= 0.3 is 18.2 Å². The van der Waals surface area contributed by atoms with E-state index in [-0.39, 0.29) is 10.6 Å². The van der Waals surface area contributed by atoms with E-state index in [9.17, 15) is 19.5 Å². The number of amides is 2. The zero-order valence-corrected chi connectivity index (χ0v) is 16.7. The Balaban J connectivity index is 3.47. The van der Waals surface area contributed by atoms with Crippen molar-refractivity contribution in [1.82, 2.24) is 0 Å². The van der Waals surface area contributed by atoms with Crippen molar-refractivity contribution in [3.8, 4) is 0 Å². The van der Waals surface area contributed by atoms with Crippen LogP contribution in [0, 0.1) is 13.8 Å². The quantitative estimate of drug-likeness (QED) is 0.807. The predicted molar refractivity (Wildman–Crippen MR) is 95.7 cm³/mol. The molecule has 0 aliphatic carbocycles. The minimum absolute atomic E-state index is 0.0222. The van der Waals surface area contributed by atoms with Crippen molar-refractivity contribution in [2.45, 2.75) is 66.6 Å². The third-order valence-electron chi connectivity index (χ3n) is 2.94. The molecule has 25 heavy (non-hydrogen) atoms. The molecule has 1 aromatic heterocycles. The topological polar surface area (TPSA) is 93.1 Å². The van der Waals surface area contributed by atoms with E-state index >= 15 is 0 Å². The van der Waals surface area contributed by atoms with Crippen LogP contribution in [0.15, 0.2) is 0 Å². The summed E-state index contributed by atoms with van der Waals surface area (Å²) in [6.45, 7) is 13.3. The second kappa shape index (κ2) is 7.03. The van der Waals surface area contributed by atoms with Crippen LogP contribution in [-0.4, -0.2) is 34.5 Å². The van der Waals surface area contributed by atoms with Crippen LogP contribution < -0.4 is 4.90 Å². The van der Waals surface area contributed by atoms with E-state index < -0.39 is 29.4 Å². The van der Waals surface area contributed by atoms with Crippen LogP contribution in [0.1, 0.15) is 62.3 Å². The smallest absolute Gasteiger partial charge is 0.425 e. The van der Waals surface area contributed by atoms with E-state index in [2.05, 4.69) is 0 Å². The number of thiophene rings is 1. The third-order valence-corrected chi connectivity index (χ3v) is 4.13. The Hall–Kier alpha value is -2.09. The van der Waals surface area contributed by atoms with Crippen LogP contribution in [0.4, 0.5) is 14.6 Å². The predicted octanol–water partition coefficient (Wildman–Crippen LogP) is 4.74. The van der Waals surface area contributed by atoms with Gasteiger partial charge in [0.25, 0.3) is 0 Å². The summed E-state index contributed by atoms with van der Waals surface area (Å²) in [6.07, 6.45) is -1.96. The van der Waals surface area contributed by atoms with Crippen molar-refractivity contribution in [3.05, 3.63) is 16.0 Å². The molecule has 1 aromatic rings. The van der Waals surface area contributed by atoms with E-state index in [4.69, 9.17) is 9.47 Å². The highest BCUT2D eigenvalue weighted by atomic mass is 32.1. The molecule has 0 aromatic carbocycles. The van der Waals surface area contributed by atoms with Gasteiger partial charge in [0.05, 0.1) is 5.56 Å². The SMILES string of the molecule is Cc1sc(N(C(=O)OC(C)(C)C)C(=O)OC(C)(C)C)c(C(=O)O)c1C. The van der Waals surface area contributed by atoms with Gasteiger partial charge in [0.1, 0.15) is 16.2 Å². The number of rotatable bonds is 2. The molecule has 2 amide bonds. The molecule has 1 heterocycles. The molecule has 0 spiro atoms. The first kappa shape index (κ1) is 21.0. The molecule has 0 saturated carbocycles. The Kier molecular flexibility index (Phi) is 5.89. The van der Waals surface area contributed by atoms with Gasteiger partial charge in [0.2, 0.25) is 0 Å². The maximum atomic E-state index is 12.6. The lowest BCUT2D eigenvalue weighted by atomic mass is 10.1. The lowest BCUT2D eigenvalue weighted by Crippen LogP contribution is -2.44. The number of carbonyl (C=O) groups is 3. The van der Waals surface area contributed by atoms with Gasteiger partial charge in [-0.25, -0.2) is 14.4 Å². The molecule has 0 saturated heterocycles. The van der Waals surface area contributed by atoms with Crippen molar-refractivity contribution in [2.75, 3.05) is 4.90 Å². The maximum Gasteiger partial charge on any atom is 0.425 e. The molecule has 7 nitrogen and oxygen atoms in total. The van der Waals surface area contributed by atoms with Gasteiger partial charge in [-0.1, -0.05) is 0 Å². The molecule has 0 aliphatic heterocycles. The second-order valence-corrected chi connectivity index (χ2v) is 8.77. The molecular weight excluding hydrogens is 346 g/mol. The summed E-state index contributed by atoms with van der Waals surface area (Å²) in [6, 6.07) is 0. The first-order valence-corrected chi connectivity index (χ1v) is 8.55. The molecule has 140 valence electrons.